The normalized spacial score (nSPS) is 12.9. The molecule has 0 radical (unpaired) electrons. The molecule has 0 aliphatic heterocycles. The van der Waals surface area contributed by atoms with E-state index >= 15 is 0 Å². The van der Waals surface area contributed by atoms with Crippen LogP contribution < -0.4 is 4.90 Å². The van der Waals surface area contributed by atoms with Gasteiger partial charge in [-0.1, -0.05) is 13.8 Å². The monoisotopic (exact) mass is 225 g/mol. The summed E-state index contributed by atoms with van der Waals surface area (Å²) in [6.45, 7) is 6.68. The lowest BCUT2D eigenvalue weighted by molar-refractivity contribution is 0.112. The Kier molecular flexibility index (Phi) is 4.33. The summed E-state index contributed by atoms with van der Waals surface area (Å²) in [6, 6.07) is 2.47. The predicted molar refractivity (Wildman–Crippen MR) is 67.0 cm³/mol. The standard InChI is InChI=1S/C12H19NOS/c1-9(2)5-10(3)13(4)11-6-12(7-14)15-8-11/h6-10H,5H2,1-4H3. The number of rotatable bonds is 5. The fourth-order valence-electron chi connectivity index (χ4n) is 1.68. The van der Waals surface area contributed by atoms with Crippen molar-refractivity contribution in [1.82, 2.24) is 0 Å². The summed E-state index contributed by atoms with van der Waals surface area (Å²) in [5, 5.41) is 2.04. The van der Waals surface area contributed by atoms with E-state index in [9.17, 15) is 4.79 Å². The van der Waals surface area contributed by atoms with Crippen LogP contribution in [0.25, 0.3) is 0 Å². The van der Waals surface area contributed by atoms with Crippen molar-refractivity contribution < 1.29 is 4.79 Å². The van der Waals surface area contributed by atoms with E-state index in [0.717, 1.165) is 16.9 Å². The van der Waals surface area contributed by atoms with Gasteiger partial charge in [-0.25, -0.2) is 0 Å². The number of hydrogen-bond acceptors (Lipinski definition) is 3. The van der Waals surface area contributed by atoms with E-state index in [4.69, 9.17) is 0 Å². The van der Waals surface area contributed by atoms with E-state index in [1.165, 1.54) is 17.8 Å². The smallest absolute Gasteiger partial charge is 0.160 e. The van der Waals surface area contributed by atoms with E-state index in [1.54, 1.807) is 0 Å². The minimum Gasteiger partial charge on any atom is -0.371 e. The first kappa shape index (κ1) is 12.2. The van der Waals surface area contributed by atoms with Gasteiger partial charge in [-0.2, -0.15) is 0 Å². The molecule has 0 bridgehead atoms. The van der Waals surface area contributed by atoms with Crippen LogP contribution in [0.15, 0.2) is 11.4 Å². The molecule has 0 aliphatic carbocycles. The molecular weight excluding hydrogens is 206 g/mol. The second kappa shape index (κ2) is 5.31. The van der Waals surface area contributed by atoms with Crippen LogP contribution in [0.2, 0.25) is 0 Å². The van der Waals surface area contributed by atoms with E-state index in [-0.39, 0.29) is 0 Å². The van der Waals surface area contributed by atoms with Gasteiger partial charge >= 0.3 is 0 Å². The quantitative estimate of drug-likeness (QED) is 0.716. The molecule has 2 nitrogen and oxygen atoms in total. The van der Waals surface area contributed by atoms with Gasteiger partial charge in [0.2, 0.25) is 0 Å². The third-order valence-electron chi connectivity index (χ3n) is 2.60. The highest BCUT2D eigenvalue weighted by Crippen LogP contribution is 2.24. The molecule has 15 heavy (non-hydrogen) atoms. The molecule has 0 N–H and O–H groups in total. The van der Waals surface area contributed by atoms with Crippen molar-refractivity contribution in [3.63, 3.8) is 0 Å². The Balaban J connectivity index is 2.66. The highest BCUT2D eigenvalue weighted by Gasteiger charge is 2.12. The van der Waals surface area contributed by atoms with Crippen molar-refractivity contribution in [2.45, 2.75) is 33.2 Å². The third-order valence-corrected chi connectivity index (χ3v) is 3.45. The van der Waals surface area contributed by atoms with Crippen LogP contribution in [0.1, 0.15) is 36.9 Å². The first-order chi connectivity index (χ1) is 7.04. The maximum absolute atomic E-state index is 10.6. The van der Waals surface area contributed by atoms with Crippen LogP contribution in [0, 0.1) is 5.92 Å². The highest BCUT2D eigenvalue weighted by molar-refractivity contribution is 7.12. The minimum absolute atomic E-state index is 0.513. The molecule has 0 aromatic carbocycles. The van der Waals surface area contributed by atoms with Gasteiger partial charge in [0.25, 0.3) is 0 Å². The average Bonchev–Trinajstić information content (AvgIpc) is 2.63. The van der Waals surface area contributed by atoms with Crippen molar-refractivity contribution in [3.8, 4) is 0 Å². The number of carbonyl (C=O) groups excluding carboxylic acids is 1. The number of aldehydes is 1. The van der Waals surface area contributed by atoms with Gasteiger partial charge in [0.05, 0.1) is 4.88 Å². The molecule has 1 aromatic heterocycles. The Labute approximate surface area is 95.9 Å². The zero-order chi connectivity index (χ0) is 11.4. The summed E-state index contributed by atoms with van der Waals surface area (Å²) >= 11 is 1.50. The van der Waals surface area contributed by atoms with E-state index in [1.807, 2.05) is 11.4 Å². The molecule has 0 saturated heterocycles. The molecule has 0 saturated carbocycles. The molecule has 1 rings (SSSR count). The van der Waals surface area contributed by atoms with Crippen LogP contribution in [0.3, 0.4) is 0 Å². The first-order valence-corrected chi connectivity index (χ1v) is 6.19. The largest absolute Gasteiger partial charge is 0.371 e. The molecule has 84 valence electrons. The van der Waals surface area contributed by atoms with Gasteiger partial charge in [0, 0.05) is 24.2 Å². The molecule has 1 heterocycles. The fourth-order valence-corrected chi connectivity index (χ4v) is 2.42. The summed E-state index contributed by atoms with van der Waals surface area (Å²) < 4.78 is 0. The number of hydrogen-bond donors (Lipinski definition) is 0. The Hall–Kier alpha value is -0.830. The summed E-state index contributed by atoms with van der Waals surface area (Å²) in [5.41, 5.74) is 1.15. The molecule has 0 aliphatic rings. The molecule has 0 spiro atoms. The van der Waals surface area contributed by atoms with Gasteiger partial charge in [-0.3, -0.25) is 4.79 Å². The van der Waals surface area contributed by atoms with Gasteiger partial charge in [-0.05, 0) is 25.3 Å². The Bertz CT molecular complexity index is 319. The fraction of sp³-hybridized carbons (Fsp3) is 0.583. The molecule has 1 unspecified atom stereocenters. The summed E-state index contributed by atoms with van der Waals surface area (Å²) in [4.78, 5) is 13.6. The Morgan fingerprint density at radius 2 is 2.13 bits per heavy atom. The van der Waals surface area contributed by atoms with Crippen molar-refractivity contribution in [1.29, 1.82) is 0 Å². The van der Waals surface area contributed by atoms with Crippen LogP contribution in [-0.2, 0) is 0 Å². The maximum atomic E-state index is 10.6. The molecular formula is C12H19NOS. The summed E-state index contributed by atoms with van der Waals surface area (Å²) in [5.74, 6) is 0.701. The number of carbonyl (C=O) groups is 1. The van der Waals surface area contributed by atoms with Crippen molar-refractivity contribution >= 4 is 23.3 Å². The second-order valence-corrected chi connectivity index (χ2v) is 5.36. The minimum atomic E-state index is 0.513. The van der Waals surface area contributed by atoms with Crippen LogP contribution in [-0.4, -0.2) is 19.4 Å². The van der Waals surface area contributed by atoms with Crippen LogP contribution in [0.4, 0.5) is 5.69 Å². The van der Waals surface area contributed by atoms with E-state index in [0.29, 0.717) is 12.0 Å². The molecule has 3 heteroatoms. The van der Waals surface area contributed by atoms with Gasteiger partial charge in [-0.15, -0.1) is 11.3 Å². The first-order valence-electron chi connectivity index (χ1n) is 5.31. The maximum Gasteiger partial charge on any atom is 0.160 e. The lowest BCUT2D eigenvalue weighted by Crippen LogP contribution is -2.29. The highest BCUT2D eigenvalue weighted by atomic mass is 32.1. The van der Waals surface area contributed by atoms with Gasteiger partial charge in [0.1, 0.15) is 0 Å². The van der Waals surface area contributed by atoms with E-state index in [2.05, 4.69) is 32.7 Å². The van der Waals surface area contributed by atoms with Crippen molar-refractivity contribution in [3.05, 3.63) is 16.3 Å². The van der Waals surface area contributed by atoms with Gasteiger partial charge in [0.15, 0.2) is 6.29 Å². The van der Waals surface area contributed by atoms with Gasteiger partial charge < -0.3 is 4.90 Å². The lowest BCUT2D eigenvalue weighted by atomic mass is 10.0. The zero-order valence-corrected chi connectivity index (χ0v) is 10.7. The number of thiophene rings is 1. The SMILES string of the molecule is CC(C)CC(C)N(C)c1csc(C=O)c1. The lowest BCUT2D eigenvalue weighted by Gasteiger charge is -2.27. The second-order valence-electron chi connectivity index (χ2n) is 4.41. The Morgan fingerprint density at radius 1 is 1.47 bits per heavy atom. The van der Waals surface area contributed by atoms with Crippen molar-refractivity contribution in [2.75, 3.05) is 11.9 Å². The predicted octanol–water partition coefficient (Wildman–Crippen LogP) is 3.43. The zero-order valence-electron chi connectivity index (χ0n) is 9.86. The number of nitrogens with zero attached hydrogens (tertiary/aromatic N) is 1. The van der Waals surface area contributed by atoms with Crippen LogP contribution in [0.5, 0.6) is 0 Å². The average molecular weight is 225 g/mol. The molecule has 1 atom stereocenters. The molecule has 0 amide bonds. The summed E-state index contributed by atoms with van der Waals surface area (Å²) in [6.07, 6.45) is 2.08. The topological polar surface area (TPSA) is 20.3 Å². The van der Waals surface area contributed by atoms with E-state index < -0.39 is 0 Å². The molecule has 1 aromatic rings. The summed E-state index contributed by atoms with van der Waals surface area (Å²) in [7, 11) is 2.09. The number of anilines is 1. The van der Waals surface area contributed by atoms with Crippen molar-refractivity contribution in [2.24, 2.45) is 5.92 Å². The van der Waals surface area contributed by atoms with Crippen LogP contribution >= 0.6 is 11.3 Å². The third kappa shape index (κ3) is 3.34. The Morgan fingerprint density at radius 3 is 2.60 bits per heavy atom. The molecule has 0 fully saturated rings.